The molecule has 0 saturated carbocycles. The van der Waals surface area contributed by atoms with E-state index in [0.717, 1.165) is 17.7 Å². The lowest BCUT2D eigenvalue weighted by molar-refractivity contribution is -0.137. The van der Waals surface area contributed by atoms with Crippen LogP contribution < -0.4 is 10.6 Å². The Morgan fingerprint density at radius 3 is 2.32 bits per heavy atom. The largest absolute Gasteiger partial charge is 0.463 e. The second-order valence-electron chi connectivity index (χ2n) is 6.30. The number of hydrogen-bond donors (Lipinski definition) is 2. The molecule has 0 fully saturated rings. The van der Waals surface area contributed by atoms with E-state index < -0.39 is 21.9 Å². The molecular formula is C21H23N3O5S2. The predicted molar refractivity (Wildman–Crippen MR) is 122 cm³/mol. The molecule has 0 saturated heterocycles. The molecule has 164 valence electrons. The number of carbonyl (C=O) groups is 2. The van der Waals surface area contributed by atoms with Crippen molar-refractivity contribution in [2.45, 2.75) is 18.4 Å². The molecule has 2 aromatic carbocycles. The molecule has 10 heteroatoms. The van der Waals surface area contributed by atoms with Crippen LogP contribution in [0.1, 0.15) is 12.5 Å². The number of hydrogen-bond acceptors (Lipinski definition) is 6. The van der Waals surface area contributed by atoms with Crippen LogP contribution in [0.2, 0.25) is 0 Å². The Bertz CT molecular complexity index is 1050. The Labute approximate surface area is 186 Å². The topological polar surface area (TPSA) is 105 Å². The number of rotatable bonds is 8. The smallest absolute Gasteiger partial charge is 0.330 e. The Morgan fingerprint density at radius 2 is 1.71 bits per heavy atom. The fourth-order valence-corrected chi connectivity index (χ4v) is 3.84. The lowest BCUT2D eigenvalue weighted by Crippen LogP contribution is -2.33. The van der Waals surface area contributed by atoms with E-state index in [1.165, 1.54) is 35.6 Å². The van der Waals surface area contributed by atoms with Crippen LogP contribution in [-0.2, 0) is 30.9 Å². The van der Waals surface area contributed by atoms with E-state index >= 15 is 0 Å². The number of nitrogens with one attached hydrogen (secondary N) is 2. The summed E-state index contributed by atoms with van der Waals surface area (Å²) in [5.74, 6) is -1.24. The van der Waals surface area contributed by atoms with Crippen molar-refractivity contribution < 1.29 is 22.7 Å². The molecule has 2 rings (SSSR count). The summed E-state index contributed by atoms with van der Waals surface area (Å²) < 4.78 is 31.5. The van der Waals surface area contributed by atoms with Gasteiger partial charge in [-0.25, -0.2) is 13.2 Å². The first-order valence-electron chi connectivity index (χ1n) is 9.29. The second kappa shape index (κ2) is 11.3. The van der Waals surface area contributed by atoms with Crippen LogP contribution in [0.15, 0.2) is 71.6 Å². The molecule has 0 aromatic heterocycles. The third-order valence-electron chi connectivity index (χ3n) is 3.96. The van der Waals surface area contributed by atoms with Crippen molar-refractivity contribution in [3.63, 3.8) is 0 Å². The Morgan fingerprint density at radius 1 is 1.06 bits per heavy atom. The second-order valence-corrected chi connectivity index (χ2v) is 8.75. The summed E-state index contributed by atoms with van der Waals surface area (Å²) in [6.45, 7) is 2.11. The third-order valence-corrected chi connectivity index (χ3v) is 5.98. The van der Waals surface area contributed by atoms with Crippen molar-refractivity contribution in [1.29, 1.82) is 0 Å². The molecule has 1 amide bonds. The minimum atomic E-state index is -3.67. The summed E-state index contributed by atoms with van der Waals surface area (Å²) in [7, 11) is -2.15. The van der Waals surface area contributed by atoms with Crippen LogP contribution in [0, 0.1) is 0 Å². The number of carbonyl (C=O) groups excluding carboxylic acids is 2. The highest BCUT2D eigenvalue weighted by Gasteiger charge is 2.20. The van der Waals surface area contributed by atoms with E-state index in [-0.39, 0.29) is 23.2 Å². The zero-order valence-electron chi connectivity index (χ0n) is 17.1. The zero-order chi connectivity index (χ0) is 22.9. The number of sulfonamides is 1. The van der Waals surface area contributed by atoms with Gasteiger partial charge in [0.1, 0.15) is 0 Å². The molecule has 2 aromatic rings. The van der Waals surface area contributed by atoms with Gasteiger partial charge in [-0.1, -0.05) is 30.3 Å². The van der Waals surface area contributed by atoms with E-state index in [1.54, 1.807) is 6.92 Å². The molecule has 0 aliphatic carbocycles. The first kappa shape index (κ1) is 24.2. The monoisotopic (exact) mass is 461 g/mol. The summed E-state index contributed by atoms with van der Waals surface area (Å²) in [5, 5.41) is 5.15. The summed E-state index contributed by atoms with van der Waals surface area (Å²) in [6, 6.07) is 15.3. The average molecular weight is 462 g/mol. The zero-order valence-corrected chi connectivity index (χ0v) is 18.7. The van der Waals surface area contributed by atoms with E-state index in [0.29, 0.717) is 5.69 Å². The third kappa shape index (κ3) is 7.59. The number of thiocarbonyl (C=S) groups is 1. The van der Waals surface area contributed by atoms with Crippen LogP contribution in [0.3, 0.4) is 0 Å². The molecule has 0 aliphatic rings. The van der Waals surface area contributed by atoms with Crippen molar-refractivity contribution in [3.8, 4) is 0 Å². The Hall–Kier alpha value is -3.08. The van der Waals surface area contributed by atoms with E-state index in [2.05, 4.69) is 15.4 Å². The van der Waals surface area contributed by atoms with Gasteiger partial charge in [0.2, 0.25) is 15.9 Å². The molecule has 0 bridgehead atoms. The highest BCUT2D eigenvalue weighted by atomic mass is 32.2. The first-order valence-corrected chi connectivity index (χ1v) is 11.1. The first-order chi connectivity index (χ1) is 14.7. The van der Waals surface area contributed by atoms with Crippen molar-refractivity contribution in [2.75, 3.05) is 19.0 Å². The number of anilines is 1. The van der Waals surface area contributed by atoms with Gasteiger partial charge in [-0.2, -0.15) is 4.31 Å². The highest BCUT2D eigenvalue weighted by Crippen LogP contribution is 2.19. The minimum absolute atomic E-state index is 0.00434. The molecule has 0 radical (unpaired) electrons. The quantitative estimate of drug-likeness (QED) is 0.353. The lowest BCUT2D eigenvalue weighted by Gasteiger charge is -2.17. The summed E-state index contributed by atoms with van der Waals surface area (Å²) >= 11 is 5.04. The summed E-state index contributed by atoms with van der Waals surface area (Å²) in [4.78, 5) is 23.1. The lowest BCUT2D eigenvalue weighted by atomic mass is 10.2. The Kier molecular flexibility index (Phi) is 8.86. The highest BCUT2D eigenvalue weighted by molar-refractivity contribution is 7.89. The van der Waals surface area contributed by atoms with Gasteiger partial charge < -0.3 is 10.1 Å². The van der Waals surface area contributed by atoms with E-state index in [9.17, 15) is 18.0 Å². The minimum Gasteiger partial charge on any atom is -0.463 e. The fraction of sp³-hybridized carbons (Fsp3) is 0.190. The van der Waals surface area contributed by atoms with Crippen LogP contribution in [0.4, 0.5) is 5.69 Å². The maximum Gasteiger partial charge on any atom is 0.330 e. The van der Waals surface area contributed by atoms with Gasteiger partial charge in [0.15, 0.2) is 5.11 Å². The summed E-state index contributed by atoms with van der Waals surface area (Å²) in [6.07, 6.45) is 2.00. The van der Waals surface area contributed by atoms with Gasteiger partial charge in [0, 0.05) is 31.4 Å². The molecule has 0 spiro atoms. The molecule has 0 aliphatic heterocycles. The SMILES string of the molecule is CCOC(=O)C=CC(=O)NC(=S)Nc1ccc(S(=O)(=O)N(C)Cc2ccccc2)cc1. The van der Waals surface area contributed by atoms with Gasteiger partial charge >= 0.3 is 5.97 Å². The number of benzene rings is 2. The van der Waals surface area contributed by atoms with Gasteiger partial charge in [0.25, 0.3) is 0 Å². The van der Waals surface area contributed by atoms with E-state index in [1.807, 2.05) is 30.3 Å². The number of nitrogens with zero attached hydrogens (tertiary/aromatic N) is 1. The number of amides is 1. The van der Waals surface area contributed by atoms with E-state index in [4.69, 9.17) is 12.2 Å². The normalized spacial score (nSPS) is 11.3. The molecule has 2 N–H and O–H groups in total. The standard InChI is InChI=1S/C21H23N3O5S2/c1-3-29-20(26)14-13-19(25)23-21(30)22-17-9-11-18(12-10-17)31(27,28)24(2)15-16-7-5-4-6-8-16/h4-14H,3,15H2,1-2H3,(H2,22,23,25,30). The van der Waals surface area contributed by atoms with Crippen LogP contribution >= 0.6 is 12.2 Å². The van der Waals surface area contributed by atoms with Crippen LogP contribution in [0.5, 0.6) is 0 Å². The molecule has 0 heterocycles. The molecular weight excluding hydrogens is 438 g/mol. The number of esters is 1. The fourth-order valence-electron chi connectivity index (χ4n) is 2.47. The average Bonchev–Trinajstić information content (AvgIpc) is 2.73. The number of ether oxygens (including phenoxy) is 1. The van der Waals surface area contributed by atoms with Crippen molar-refractivity contribution in [2.24, 2.45) is 0 Å². The predicted octanol–water partition coefficient (Wildman–Crippen LogP) is 2.44. The van der Waals surface area contributed by atoms with Crippen LogP contribution in [-0.4, -0.2) is 43.4 Å². The van der Waals surface area contributed by atoms with Crippen molar-refractivity contribution in [3.05, 3.63) is 72.3 Å². The Balaban J connectivity index is 1.95. The van der Waals surface area contributed by atoms with Gasteiger partial charge in [-0.05, 0) is 49.0 Å². The molecule has 0 atom stereocenters. The van der Waals surface area contributed by atoms with Gasteiger partial charge in [0.05, 0.1) is 11.5 Å². The van der Waals surface area contributed by atoms with Gasteiger partial charge in [-0.15, -0.1) is 0 Å². The molecule has 31 heavy (non-hydrogen) atoms. The maximum absolute atomic E-state index is 12.8. The van der Waals surface area contributed by atoms with Gasteiger partial charge in [-0.3, -0.25) is 10.1 Å². The summed E-state index contributed by atoms with van der Waals surface area (Å²) in [5.41, 5.74) is 1.37. The molecule has 8 nitrogen and oxygen atoms in total. The van der Waals surface area contributed by atoms with Crippen molar-refractivity contribution >= 4 is 44.9 Å². The van der Waals surface area contributed by atoms with Crippen LogP contribution in [0.25, 0.3) is 0 Å². The molecule has 0 unspecified atom stereocenters. The maximum atomic E-state index is 12.8. The van der Waals surface area contributed by atoms with Crippen molar-refractivity contribution in [1.82, 2.24) is 9.62 Å².